The number of benzene rings is 2. The van der Waals surface area contributed by atoms with E-state index >= 15 is 0 Å². The molecule has 172 valence electrons. The fourth-order valence-corrected chi connectivity index (χ4v) is 3.88. The minimum absolute atomic E-state index is 0.151. The van der Waals surface area contributed by atoms with E-state index in [-0.39, 0.29) is 6.42 Å². The molecular weight excluding hydrogens is 412 g/mol. The van der Waals surface area contributed by atoms with Crippen LogP contribution in [0.3, 0.4) is 0 Å². The Morgan fingerprint density at radius 2 is 1.78 bits per heavy atom. The van der Waals surface area contributed by atoms with Gasteiger partial charge in [-0.3, -0.25) is 4.79 Å². The van der Waals surface area contributed by atoms with Crippen molar-refractivity contribution in [2.75, 3.05) is 20.8 Å². The standard InChI is InChI=1S/C24H30N2O6/c1-24(9-4-10-32-24)23(29)26-18(22(27)28)11-15-5-7-17(8-6-15)21-19(30-2)12-16(14-25)13-20(21)31-3/h5-8,12-13,18H,4,9-11,14,25H2,1-3H3,(H,26,29)(H,27,28)/t18-,24+/m0/s1. The number of hydrogen-bond donors (Lipinski definition) is 3. The third kappa shape index (κ3) is 5.03. The van der Waals surface area contributed by atoms with E-state index in [1.54, 1.807) is 21.1 Å². The molecule has 0 aromatic heterocycles. The topological polar surface area (TPSA) is 120 Å². The molecule has 2 atom stereocenters. The van der Waals surface area contributed by atoms with Crippen molar-refractivity contribution in [2.24, 2.45) is 5.73 Å². The largest absolute Gasteiger partial charge is 0.496 e. The normalized spacial score (nSPS) is 18.8. The smallest absolute Gasteiger partial charge is 0.326 e. The summed E-state index contributed by atoms with van der Waals surface area (Å²) < 4.78 is 16.6. The predicted octanol–water partition coefficient (Wildman–Crippen LogP) is 2.51. The quantitative estimate of drug-likeness (QED) is 0.546. The third-order valence-corrected chi connectivity index (χ3v) is 5.79. The summed E-state index contributed by atoms with van der Waals surface area (Å²) in [6.45, 7) is 2.56. The summed E-state index contributed by atoms with van der Waals surface area (Å²) in [6.07, 6.45) is 1.51. The summed E-state index contributed by atoms with van der Waals surface area (Å²) in [5.41, 5.74) is 8.09. The van der Waals surface area contributed by atoms with Crippen LogP contribution in [0.15, 0.2) is 36.4 Å². The maximum atomic E-state index is 12.6. The van der Waals surface area contributed by atoms with Crippen molar-refractivity contribution in [2.45, 2.75) is 44.4 Å². The van der Waals surface area contributed by atoms with Crippen LogP contribution in [0.1, 0.15) is 30.9 Å². The van der Waals surface area contributed by atoms with Gasteiger partial charge in [-0.2, -0.15) is 0 Å². The van der Waals surface area contributed by atoms with Gasteiger partial charge in [0.05, 0.1) is 19.8 Å². The molecule has 4 N–H and O–H groups in total. The van der Waals surface area contributed by atoms with Gasteiger partial charge in [0.1, 0.15) is 23.1 Å². The van der Waals surface area contributed by atoms with Crippen LogP contribution in [-0.2, 0) is 27.3 Å². The number of hydrogen-bond acceptors (Lipinski definition) is 6. The molecule has 0 bridgehead atoms. The lowest BCUT2D eigenvalue weighted by Gasteiger charge is -2.24. The van der Waals surface area contributed by atoms with Crippen LogP contribution in [0.5, 0.6) is 11.5 Å². The van der Waals surface area contributed by atoms with E-state index in [0.717, 1.165) is 28.7 Å². The van der Waals surface area contributed by atoms with Gasteiger partial charge >= 0.3 is 5.97 Å². The van der Waals surface area contributed by atoms with Crippen molar-refractivity contribution in [3.05, 3.63) is 47.5 Å². The number of carbonyl (C=O) groups excluding carboxylic acids is 1. The summed E-state index contributed by atoms with van der Waals surface area (Å²) in [5, 5.41) is 12.3. The van der Waals surface area contributed by atoms with E-state index in [9.17, 15) is 14.7 Å². The van der Waals surface area contributed by atoms with Gasteiger partial charge in [0, 0.05) is 19.6 Å². The van der Waals surface area contributed by atoms with Crippen molar-refractivity contribution < 1.29 is 28.9 Å². The molecule has 0 spiro atoms. The van der Waals surface area contributed by atoms with Crippen molar-refractivity contribution >= 4 is 11.9 Å². The van der Waals surface area contributed by atoms with Crippen molar-refractivity contribution in [3.63, 3.8) is 0 Å². The molecule has 2 aromatic carbocycles. The maximum Gasteiger partial charge on any atom is 0.326 e. The lowest BCUT2D eigenvalue weighted by atomic mass is 9.97. The van der Waals surface area contributed by atoms with Crippen LogP contribution in [0.4, 0.5) is 0 Å². The number of carboxylic acids is 1. The van der Waals surface area contributed by atoms with Crippen molar-refractivity contribution in [1.82, 2.24) is 5.32 Å². The molecular formula is C24H30N2O6. The highest BCUT2D eigenvalue weighted by Gasteiger charge is 2.39. The second-order valence-corrected chi connectivity index (χ2v) is 8.03. The zero-order valence-electron chi connectivity index (χ0n) is 18.6. The molecule has 1 heterocycles. The molecule has 8 heteroatoms. The lowest BCUT2D eigenvalue weighted by Crippen LogP contribution is -2.51. The Kier molecular flexibility index (Phi) is 7.37. The highest BCUT2D eigenvalue weighted by atomic mass is 16.5. The molecule has 1 saturated heterocycles. The molecule has 8 nitrogen and oxygen atoms in total. The summed E-state index contributed by atoms with van der Waals surface area (Å²) in [7, 11) is 3.17. The van der Waals surface area contributed by atoms with Gasteiger partial charge < -0.3 is 30.4 Å². The number of ether oxygens (including phenoxy) is 3. The van der Waals surface area contributed by atoms with Crippen molar-refractivity contribution in [1.29, 1.82) is 0 Å². The van der Waals surface area contributed by atoms with Gasteiger partial charge in [0.2, 0.25) is 0 Å². The Labute approximate surface area is 187 Å². The minimum atomic E-state index is -1.09. The summed E-state index contributed by atoms with van der Waals surface area (Å²) in [5.74, 6) is -0.214. The zero-order chi connectivity index (χ0) is 23.3. The molecule has 32 heavy (non-hydrogen) atoms. The van der Waals surface area contributed by atoms with E-state index in [0.29, 0.717) is 31.1 Å². The van der Waals surface area contributed by atoms with Gasteiger partial charge in [0.15, 0.2) is 0 Å². The number of methoxy groups -OCH3 is 2. The molecule has 0 aliphatic carbocycles. The van der Waals surface area contributed by atoms with E-state index in [1.165, 1.54) is 0 Å². The van der Waals surface area contributed by atoms with Crippen LogP contribution in [0, 0.1) is 0 Å². The number of rotatable bonds is 9. The molecule has 2 aromatic rings. The number of nitrogens with one attached hydrogen (secondary N) is 1. The molecule has 0 unspecified atom stereocenters. The Bertz CT molecular complexity index is 942. The molecule has 1 aliphatic rings. The molecule has 1 aliphatic heterocycles. The van der Waals surface area contributed by atoms with E-state index in [1.807, 2.05) is 36.4 Å². The van der Waals surface area contributed by atoms with E-state index < -0.39 is 23.5 Å². The Morgan fingerprint density at radius 1 is 1.16 bits per heavy atom. The SMILES string of the molecule is COc1cc(CN)cc(OC)c1-c1ccc(C[C@H](NC(=O)[C@@]2(C)CCCO2)C(=O)O)cc1. The highest BCUT2D eigenvalue weighted by molar-refractivity contribution is 5.89. The average molecular weight is 443 g/mol. The second kappa shape index (κ2) is 10.0. The maximum absolute atomic E-state index is 12.6. The van der Waals surface area contributed by atoms with Crippen LogP contribution in [-0.4, -0.2) is 49.5 Å². The number of nitrogens with two attached hydrogens (primary N) is 1. The Morgan fingerprint density at radius 3 is 2.25 bits per heavy atom. The van der Waals surface area contributed by atoms with Crippen LogP contribution in [0.25, 0.3) is 11.1 Å². The van der Waals surface area contributed by atoms with Crippen LogP contribution >= 0.6 is 0 Å². The minimum Gasteiger partial charge on any atom is -0.496 e. The molecule has 1 amide bonds. The van der Waals surface area contributed by atoms with Crippen LogP contribution < -0.4 is 20.5 Å². The highest BCUT2D eigenvalue weighted by Crippen LogP contribution is 2.39. The van der Waals surface area contributed by atoms with Crippen molar-refractivity contribution in [3.8, 4) is 22.6 Å². The van der Waals surface area contributed by atoms with E-state index in [4.69, 9.17) is 19.9 Å². The Hall–Kier alpha value is -3.10. The summed E-state index contributed by atoms with van der Waals surface area (Å²) in [6, 6.07) is 10.1. The Balaban J connectivity index is 1.80. The lowest BCUT2D eigenvalue weighted by molar-refractivity contribution is -0.147. The number of amides is 1. The molecule has 0 saturated carbocycles. The van der Waals surface area contributed by atoms with Gasteiger partial charge in [-0.1, -0.05) is 24.3 Å². The first-order chi connectivity index (χ1) is 15.3. The second-order valence-electron chi connectivity index (χ2n) is 8.03. The van der Waals surface area contributed by atoms with Gasteiger partial charge in [0.25, 0.3) is 5.91 Å². The zero-order valence-corrected chi connectivity index (χ0v) is 18.6. The summed E-state index contributed by atoms with van der Waals surface area (Å²) >= 11 is 0. The van der Waals surface area contributed by atoms with Gasteiger partial charge in [-0.05, 0) is 48.6 Å². The number of carbonyl (C=O) groups is 2. The predicted molar refractivity (Wildman–Crippen MR) is 120 cm³/mol. The fraction of sp³-hybridized carbons (Fsp3) is 0.417. The van der Waals surface area contributed by atoms with Crippen LogP contribution in [0.2, 0.25) is 0 Å². The molecule has 1 fully saturated rings. The number of aliphatic carboxylic acids is 1. The van der Waals surface area contributed by atoms with Gasteiger partial charge in [-0.15, -0.1) is 0 Å². The fourth-order valence-electron chi connectivity index (χ4n) is 3.88. The monoisotopic (exact) mass is 442 g/mol. The van der Waals surface area contributed by atoms with E-state index in [2.05, 4.69) is 5.32 Å². The summed E-state index contributed by atoms with van der Waals surface area (Å²) in [4.78, 5) is 24.3. The first-order valence-corrected chi connectivity index (χ1v) is 10.5. The molecule has 3 rings (SSSR count). The average Bonchev–Trinajstić information content (AvgIpc) is 3.25. The first-order valence-electron chi connectivity index (χ1n) is 10.5. The van der Waals surface area contributed by atoms with Gasteiger partial charge in [-0.25, -0.2) is 4.79 Å². The molecule has 0 radical (unpaired) electrons. The number of carboxylic acid groups (broad SMARTS) is 1. The first kappa shape index (κ1) is 23.6. The third-order valence-electron chi connectivity index (χ3n) is 5.79.